The molecule has 0 spiro atoms. The van der Waals surface area contributed by atoms with Crippen molar-refractivity contribution in [1.29, 1.82) is 0 Å². The maximum Gasteiger partial charge on any atom is 0.251 e. The fraction of sp³-hybridized carbons (Fsp3) is 0.367. The van der Waals surface area contributed by atoms with E-state index in [9.17, 15) is 18.8 Å². The summed E-state index contributed by atoms with van der Waals surface area (Å²) in [6, 6.07) is 4.64. The number of hydrogen-bond donors (Lipinski definition) is 1. The van der Waals surface area contributed by atoms with Crippen LogP contribution in [0.5, 0.6) is 0 Å². The van der Waals surface area contributed by atoms with Gasteiger partial charge in [0.25, 0.3) is 5.91 Å². The summed E-state index contributed by atoms with van der Waals surface area (Å²) in [6.07, 6.45) is 13.0. The fourth-order valence-electron chi connectivity index (χ4n) is 5.15. The lowest BCUT2D eigenvalue weighted by molar-refractivity contribution is -0.127. The largest absolute Gasteiger partial charge is 0.351 e. The van der Waals surface area contributed by atoms with Crippen LogP contribution in [0.1, 0.15) is 51.9 Å². The Kier molecular flexibility index (Phi) is 9.82. The van der Waals surface area contributed by atoms with Crippen molar-refractivity contribution in [3.8, 4) is 0 Å². The Bertz CT molecular complexity index is 1310. The van der Waals surface area contributed by atoms with Gasteiger partial charge in [0.05, 0.1) is 0 Å². The number of benzene rings is 1. The molecule has 2 fully saturated rings. The summed E-state index contributed by atoms with van der Waals surface area (Å²) in [5, 5.41) is 3.24. The molecule has 1 saturated carbocycles. The minimum absolute atomic E-state index is 0.0680. The van der Waals surface area contributed by atoms with Crippen LogP contribution in [0.2, 0.25) is 0 Å². The van der Waals surface area contributed by atoms with Crippen LogP contribution in [0, 0.1) is 5.82 Å². The molecule has 10 heteroatoms. The van der Waals surface area contributed by atoms with E-state index >= 15 is 0 Å². The first-order chi connectivity index (χ1) is 19.3. The Morgan fingerprint density at radius 3 is 2.58 bits per heavy atom. The molecule has 1 N–H and O–H groups in total. The third kappa shape index (κ3) is 6.65. The molecule has 2 aromatic rings. The predicted molar refractivity (Wildman–Crippen MR) is 153 cm³/mol. The first kappa shape index (κ1) is 29.1. The summed E-state index contributed by atoms with van der Waals surface area (Å²) in [4.78, 5) is 52.1. The Labute approximate surface area is 238 Å². The van der Waals surface area contributed by atoms with Gasteiger partial charge in [-0.2, -0.15) is 0 Å². The van der Waals surface area contributed by atoms with Crippen LogP contribution in [-0.2, 0) is 14.4 Å². The molecule has 2 atom stereocenters. The topological polar surface area (TPSA) is 95.5 Å². The Hall–Kier alpha value is -3.85. The van der Waals surface area contributed by atoms with Gasteiger partial charge in [-0.25, -0.2) is 14.4 Å². The van der Waals surface area contributed by atoms with Gasteiger partial charge in [0, 0.05) is 35.6 Å². The molecule has 0 bridgehead atoms. The van der Waals surface area contributed by atoms with Gasteiger partial charge in [-0.3, -0.25) is 24.2 Å². The van der Waals surface area contributed by atoms with Crippen molar-refractivity contribution >= 4 is 41.0 Å². The average Bonchev–Trinajstić information content (AvgIpc) is 3.36. The van der Waals surface area contributed by atoms with Crippen LogP contribution in [-0.4, -0.2) is 45.8 Å². The molecule has 1 aromatic heterocycles. The zero-order valence-electron chi connectivity index (χ0n) is 22.4. The number of amides is 3. The van der Waals surface area contributed by atoms with Crippen LogP contribution in [0.25, 0.3) is 0 Å². The monoisotopic (exact) mass is 565 g/mol. The van der Waals surface area contributed by atoms with Crippen LogP contribution in [0.15, 0.2) is 78.1 Å². The first-order valence-electron chi connectivity index (χ1n) is 13.5. The van der Waals surface area contributed by atoms with Gasteiger partial charge in [0.1, 0.15) is 17.9 Å². The maximum atomic E-state index is 14.5. The smallest absolute Gasteiger partial charge is 0.251 e. The SMILES string of the molecule is C=C(/C(Cl)=C\C=C/C)[C@@H](C(=O)NC1CCCCC1)N(C(=O)[C@@H]1CCC(=O)N1c1ncccn1)c1cccc(F)c1. The van der Waals surface area contributed by atoms with Crippen molar-refractivity contribution in [2.75, 3.05) is 9.80 Å². The molecule has 210 valence electrons. The molecule has 2 aliphatic rings. The number of halogens is 2. The summed E-state index contributed by atoms with van der Waals surface area (Å²) < 4.78 is 14.5. The van der Waals surface area contributed by atoms with Gasteiger partial charge in [0.2, 0.25) is 17.8 Å². The molecule has 0 unspecified atom stereocenters. The second-order valence-electron chi connectivity index (χ2n) is 9.87. The van der Waals surface area contributed by atoms with E-state index in [0.29, 0.717) is 0 Å². The highest BCUT2D eigenvalue weighted by Gasteiger charge is 2.45. The Morgan fingerprint density at radius 2 is 1.90 bits per heavy atom. The fourth-order valence-corrected chi connectivity index (χ4v) is 5.33. The van der Waals surface area contributed by atoms with Gasteiger partial charge in [-0.05, 0) is 62.1 Å². The number of carbonyl (C=O) groups excluding carboxylic acids is 3. The number of nitrogens with zero attached hydrogens (tertiary/aromatic N) is 4. The zero-order chi connectivity index (χ0) is 28.6. The minimum atomic E-state index is -1.31. The number of carbonyl (C=O) groups is 3. The number of nitrogens with one attached hydrogen (secondary N) is 1. The minimum Gasteiger partial charge on any atom is -0.351 e. The van der Waals surface area contributed by atoms with Crippen molar-refractivity contribution in [3.63, 3.8) is 0 Å². The van der Waals surface area contributed by atoms with Crippen LogP contribution >= 0.6 is 11.6 Å². The molecule has 40 heavy (non-hydrogen) atoms. The molecule has 1 saturated heterocycles. The Morgan fingerprint density at radius 1 is 1.18 bits per heavy atom. The third-order valence-corrected chi connectivity index (χ3v) is 7.49. The summed E-state index contributed by atoms with van der Waals surface area (Å²) in [6.45, 7) is 5.92. The third-order valence-electron chi connectivity index (χ3n) is 7.12. The van der Waals surface area contributed by atoms with E-state index in [1.54, 1.807) is 30.4 Å². The lowest BCUT2D eigenvalue weighted by atomic mass is 9.94. The van der Waals surface area contributed by atoms with E-state index in [2.05, 4.69) is 21.9 Å². The van der Waals surface area contributed by atoms with E-state index in [1.807, 2.05) is 6.92 Å². The number of allylic oxidation sites excluding steroid dienone is 3. The molecule has 1 aliphatic carbocycles. The second-order valence-corrected chi connectivity index (χ2v) is 10.3. The van der Waals surface area contributed by atoms with Crippen molar-refractivity contribution in [3.05, 3.63) is 84.0 Å². The van der Waals surface area contributed by atoms with Gasteiger partial charge in [0.15, 0.2) is 0 Å². The van der Waals surface area contributed by atoms with Crippen LogP contribution in [0.4, 0.5) is 16.0 Å². The summed E-state index contributed by atoms with van der Waals surface area (Å²) in [7, 11) is 0. The van der Waals surface area contributed by atoms with E-state index in [1.165, 1.54) is 40.4 Å². The van der Waals surface area contributed by atoms with Crippen molar-refractivity contribution in [1.82, 2.24) is 15.3 Å². The molecule has 0 radical (unpaired) electrons. The van der Waals surface area contributed by atoms with Crippen molar-refractivity contribution in [2.24, 2.45) is 0 Å². The summed E-state index contributed by atoms with van der Waals surface area (Å²) >= 11 is 6.60. The highest BCUT2D eigenvalue weighted by molar-refractivity contribution is 6.32. The van der Waals surface area contributed by atoms with E-state index in [-0.39, 0.29) is 47.0 Å². The molecule has 8 nitrogen and oxygen atoms in total. The lowest BCUT2D eigenvalue weighted by Gasteiger charge is -2.36. The number of hydrogen-bond acceptors (Lipinski definition) is 5. The number of aromatic nitrogens is 2. The normalized spacial score (nSPS) is 19.1. The summed E-state index contributed by atoms with van der Waals surface area (Å²) in [5.41, 5.74) is 0.302. The van der Waals surface area contributed by atoms with Gasteiger partial charge in [-0.1, -0.05) is 55.7 Å². The molecule has 1 aromatic carbocycles. The highest BCUT2D eigenvalue weighted by atomic mass is 35.5. The molecule has 3 amide bonds. The highest BCUT2D eigenvalue weighted by Crippen LogP contribution is 2.32. The molecule has 4 rings (SSSR count). The molecule has 1 aliphatic heterocycles. The first-order valence-corrected chi connectivity index (χ1v) is 13.9. The number of rotatable bonds is 9. The molecular weight excluding hydrogens is 533 g/mol. The molecular formula is C30H33ClFN5O3. The van der Waals surface area contributed by atoms with Crippen molar-refractivity contribution < 1.29 is 18.8 Å². The van der Waals surface area contributed by atoms with Gasteiger partial charge in [-0.15, -0.1) is 0 Å². The van der Waals surface area contributed by atoms with E-state index in [4.69, 9.17) is 11.6 Å². The summed E-state index contributed by atoms with van der Waals surface area (Å²) in [5.74, 6) is -1.90. The molecule has 2 heterocycles. The van der Waals surface area contributed by atoms with Gasteiger partial charge < -0.3 is 5.32 Å². The standard InChI is InChI=1S/C30H33ClFN5O3/c1-3-4-14-24(31)20(2)27(28(39)35-22-11-6-5-7-12-22)36(23-13-8-10-21(32)19-23)29(40)25-15-16-26(38)37(25)30-33-17-9-18-34-30/h3-4,8-10,13-14,17-19,22,25,27H,2,5-7,11-12,15-16H2,1H3,(H,35,39)/b4-3-,24-14+/t25-,27-/m0/s1. The quantitative estimate of drug-likeness (QED) is 0.421. The van der Waals surface area contributed by atoms with E-state index in [0.717, 1.165) is 32.1 Å². The predicted octanol–water partition coefficient (Wildman–Crippen LogP) is 5.22. The average molecular weight is 566 g/mol. The lowest BCUT2D eigenvalue weighted by Crippen LogP contribution is -2.57. The van der Waals surface area contributed by atoms with E-state index < -0.39 is 29.7 Å². The van der Waals surface area contributed by atoms with Crippen LogP contribution < -0.4 is 15.1 Å². The Balaban J connectivity index is 1.80. The number of anilines is 2. The zero-order valence-corrected chi connectivity index (χ0v) is 23.2. The van der Waals surface area contributed by atoms with Crippen LogP contribution in [0.3, 0.4) is 0 Å². The van der Waals surface area contributed by atoms with Gasteiger partial charge >= 0.3 is 0 Å². The maximum absolute atomic E-state index is 14.5. The second kappa shape index (κ2) is 13.5. The van der Waals surface area contributed by atoms with Crippen molar-refractivity contribution in [2.45, 2.75) is 70.0 Å².